The largest absolute Gasteiger partial charge is 0.326 e. The van der Waals surface area contributed by atoms with Gasteiger partial charge in [-0.2, -0.15) is 0 Å². The molecule has 1 aromatic heterocycles. The van der Waals surface area contributed by atoms with Gasteiger partial charge in [-0.25, -0.2) is 0 Å². The van der Waals surface area contributed by atoms with Gasteiger partial charge in [0.2, 0.25) is 5.91 Å². The number of hydrogen-bond donors (Lipinski definition) is 2. The van der Waals surface area contributed by atoms with Gasteiger partial charge >= 0.3 is 0 Å². The van der Waals surface area contributed by atoms with Crippen LogP contribution in [-0.2, 0) is 11.2 Å². The van der Waals surface area contributed by atoms with Crippen LogP contribution >= 0.6 is 0 Å². The highest BCUT2D eigenvalue weighted by Crippen LogP contribution is 2.21. The van der Waals surface area contributed by atoms with Crippen molar-refractivity contribution in [2.75, 3.05) is 5.32 Å². The first kappa shape index (κ1) is 16.0. The van der Waals surface area contributed by atoms with Crippen LogP contribution in [0.2, 0.25) is 0 Å². The summed E-state index contributed by atoms with van der Waals surface area (Å²) in [6.07, 6.45) is 0.323. The van der Waals surface area contributed by atoms with E-state index in [0.29, 0.717) is 12.1 Å². The Balaban J connectivity index is 1.84. The van der Waals surface area contributed by atoms with E-state index in [-0.39, 0.29) is 11.5 Å². The van der Waals surface area contributed by atoms with E-state index in [1.165, 1.54) is 0 Å². The van der Waals surface area contributed by atoms with Gasteiger partial charge in [0.05, 0.1) is 11.9 Å². The Kier molecular flexibility index (Phi) is 4.21. The number of aromatic nitrogens is 1. The lowest BCUT2D eigenvalue weighted by Gasteiger charge is -2.09. The van der Waals surface area contributed by atoms with E-state index in [1.54, 1.807) is 6.07 Å². The molecule has 1 heterocycles. The second-order valence-corrected chi connectivity index (χ2v) is 6.18. The van der Waals surface area contributed by atoms with Crippen molar-refractivity contribution in [1.29, 1.82) is 0 Å². The third-order valence-corrected chi connectivity index (χ3v) is 4.31. The van der Waals surface area contributed by atoms with Gasteiger partial charge in [-0.1, -0.05) is 35.9 Å². The van der Waals surface area contributed by atoms with Crippen LogP contribution in [0.3, 0.4) is 0 Å². The van der Waals surface area contributed by atoms with Gasteiger partial charge in [0, 0.05) is 16.6 Å². The summed E-state index contributed by atoms with van der Waals surface area (Å²) in [5, 5.41) is 3.88. The van der Waals surface area contributed by atoms with Gasteiger partial charge in [0.1, 0.15) is 0 Å². The van der Waals surface area contributed by atoms with E-state index >= 15 is 0 Å². The van der Waals surface area contributed by atoms with Crippen LogP contribution in [0.15, 0.2) is 47.3 Å². The standard InChI is InChI=1S/C20H20N2O2/c1-12-5-4-6-15(9-12)10-19(23)21-16-7-8-17-13(2)14(3)20(24)22-18(17)11-16/h4-9,11H,10H2,1-3H3,(H,21,23)(H,22,24). The first-order valence-corrected chi connectivity index (χ1v) is 7.92. The summed E-state index contributed by atoms with van der Waals surface area (Å²) in [6.45, 7) is 5.75. The Labute approximate surface area is 140 Å². The van der Waals surface area contributed by atoms with Crippen LogP contribution in [0.5, 0.6) is 0 Å². The summed E-state index contributed by atoms with van der Waals surface area (Å²) < 4.78 is 0. The second-order valence-electron chi connectivity index (χ2n) is 6.18. The number of nitrogens with one attached hydrogen (secondary N) is 2. The molecule has 0 unspecified atom stereocenters. The molecule has 0 aliphatic rings. The van der Waals surface area contributed by atoms with Gasteiger partial charge in [0.15, 0.2) is 0 Å². The van der Waals surface area contributed by atoms with Crippen LogP contribution in [0.1, 0.15) is 22.3 Å². The number of carbonyl (C=O) groups is 1. The van der Waals surface area contributed by atoms with Gasteiger partial charge in [0.25, 0.3) is 5.56 Å². The molecule has 3 rings (SSSR count). The fraction of sp³-hybridized carbons (Fsp3) is 0.200. The van der Waals surface area contributed by atoms with Crippen molar-refractivity contribution in [3.05, 3.63) is 75.1 Å². The molecule has 4 nitrogen and oxygen atoms in total. The summed E-state index contributed by atoms with van der Waals surface area (Å²) in [4.78, 5) is 27.0. The Bertz CT molecular complexity index is 987. The molecule has 1 amide bonds. The summed E-state index contributed by atoms with van der Waals surface area (Å²) in [7, 11) is 0. The summed E-state index contributed by atoms with van der Waals surface area (Å²) >= 11 is 0. The average molecular weight is 320 g/mol. The van der Waals surface area contributed by atoms with Gasteiger partial charge in [-0.3, -0.25) is 9.59 Å². The fourth-order valence-corrected chi connectivity index (χ4v) is 2.85. The molecular formula is C20H20N2O2. The molecule has 24 heavy (non-hydrogen) atoms. The zero-order valence-electron chi connectivity index (χ0n) is 14.1. The average Bonchev–Trinajstić information content (AvgIpc) is 2.52. The van der Waals surface area contributed by atoms with E-state index in [2.05, 4.69) is 10.3 Å². The Morgan fingerprint density at radius 2 is 1.83 bits per heavy atom. The van der Waals surface area contributed by atoms with Crippen molar-refractivity contribution in [1.82, 2.24) is 4.98 Å². The van der Waals surface area contributed by atoms with Crippen molar-refractivity contribution in [2.45, 2.75) is 27.2 Å². The van der Waals surface area contributed by atoms with Crippen molar-refractivity contribution in [2.24, 2.45) is 0 Å². The Morgan fingerprint density at radius 3 is 2.58 bits per heavy atom. The van der Waals surface area contributed by atoms with Crippen molar-refractivity contribution >= 4 is 22.5 Å². The number of aromatic amines is 1. The highest BCUT2D eigenvalue weighted by Gasteiger charge is 2.08. The van der Waals surface area contributed by atoms with Gasteiger partial charge in [-0.05, 0) is 44.0 Å². The lowest BCUT2D eigenvalue weighted by atomic mass is 10.1. The summed E-state index contributed by atoms with van der Waals surface area (Å²) in [6, 6.07) is 13.5. The third kappa shape index (κ3) is 3.23. The van der Waals surface area contributed by atoms with Crippen LogP contribution in [0, 0.1) is 20.8 Å². The van der Waals surface area contributed by atoms with Crippen molar-refractivity contribution in [3.8, 4) is 0 Å². The highest BCUT2D eigenvalue weighted by atomic mass is 16.1. The Morgan fingerprint density at radius 1 is 1.04 bits per heavy atom. The van der Waals surface area contributed by atoms with Crippen molar-refractivity contribution < 1.29 is 4.79 Å². The van der Waals surface area contributed by atoms with Gasteiger partial charge < -0.3 is 10.3 Å². The maximum absolute atomic E-state index is 12.2. The molecular weight excluding hydrogens is 300 g/mol. The van der Waals surface area contributed by atoms with E-state index < -0.39 is 0 Å². The van der Waals surface area contributed by atoms with E-state index in [1.807, 2.05) is 57.2 Å². The molecule has 3 aromatic rings. The fourth-order valence-electron chi connectivity index (χ4n) is 2.85. The maximum atomic E-state index is 12.2. The topological polar surface area (TPSA) is 62.0 Å². The molecule has 2 N–H and O–H groups in total. The third-order valence-electron chi connectivity index (χ3n) is 4.31. The number of carbonyl (C=O) groups excluding carboxylic acids is 1. The quantitative estimate of drug-likeness (QED) is 0.774. The zero-order valence-corrected chi connectivity index (χ0v) is 14.1. The first-order valence-electron chi connectivity index (χ1n) is 7.92. The van der Waals surface area contributed by atoms with Crippen molar-refractivity contribution in [3.63, 3.8) is 0 Å². The molecule has 0 bridgehead atoms. The molecule has 0 aliphatic carbocycles. The molecule has 0 radical (unpaired) electrons. The monoisotopic (exact) mass is 320 g/mol. The molecule has 0 spiro atoms. The smallest absolute Gasteiger partial charge is 0.251 e. The molecule has 2 aromatic carbocycles. The summed E-state index contributed by atoms with van der Waals surface area (Å²) in [5.41, 5.74) is 5.12. The zero-order chi connectivity index (χ0) is 17.3. The van der Waals surface area contributed by atoms with E-state index in [0.717, 1.165) is 33.2 Å². The minimum atomic E-state index is -0.0942. The number of aryl methyl sites for hydroxylation is 2. The number of amides is 1. The van der Waals surface area contributed by atoms with Crippen LogP contribution in [-0.4, -0.2) is 10.9 Å². The molecule has 0 saturated carbocycles. The number of hydrogen-bond acceptors (Lipinski definition) is 2. The molecule has 0 fully saturated rings. The minimum Gasteiger partial charge on any atom is -0.326 e. The van der Waals surface area contributed by atoms with Crippen LogP contribution < -0.4 is 10.9 Å². The lowest BCUT2D eigenvalue weighted by molar-refractivity contribution is -0.115. The minimum absolute atomic E-state index is 0.0777. The van der Waals surface area contributed by atoms with Crippen LogP contribution in [0.25, 0.3) is 10.9 Å². The number of benzene rings is 2. The van der Waals surface area contributed by atoms with E-state index in [4.69, 9.17) is 0 Å². The molecule has 0 saturated heterocycles. The second kappa shape index (κ2) is 6.32. The SMILES string of the molecule is Cc1cccc(CC(=O)Nc2ccc3c(C)c(C)c(=O)[nH]c3c2)c1. The lowest BCUT2D eigenvalue weighted by Crippen LogP contribution is -2.15. The number of rotatable bonds is 3. The number of anilines is 1. The maximum Gasteiger partial charge on any atom is 0.251 e. The number of H-pyrrole nitrogens is 1. The molecule has 0 atom stereocenters. The predicted molar refractivity (Wildman–Crippen MR) is 97.6 cm³/mol. The normalized spacial score (nSPS) is 10.8. The predicted octanol–water partition coefficient (Wildman–Crippen LogP) is 3.63. The molecule has 0 aliphatic heterocycles. The Hall–Kier alpha value is -2.88. The number of pyridine rings is 1. The molecule has 122 valence electrons. The highest BCUT2D eigenvalue weighted by molar-refractivity contribution is 5.95. The van der Waals surface area contributed by atoms with E-state index in [9.17, 15) is 9.59 Å². The molecule has 4 heteroatoms. The summed E-state index contributed by atoms with van der Waals surface area (Å²) in [5.74, 6) is -0.0777. The van der Waals surface area contributed by atoms with Crippen LogP contribution in [0.4, 0.5) is 5.69 Å². The number of fused-ring (bicyclic) bond motifs is 1. The van der Waals surface area contributed by atoms with Gasteiger partial charge in [-0.15, -0.1) is 0 Å². The first-order chi connectivity index (χ1) is 11.4.